The Morgan fingerprint density at radius 1 is 1.30 bits per heavy atom. The van der Waals surface area contributed by atoms with Crippen LogP contribution in [-0.2, 0) is 7.05 Å². The summed E-state index contributed by atoms with van der Waals surface area (Å²) in [7, 11) is 1.59. The summed E-state index contributed by atoms with van der Waals surface area (Å²) in [6.45, 7) is -0.0202. The van der Waals surface area contributed by atoms with Crippen LogP contribution in [-0.4, -0.2) is 26.9 Å². The molecule has 7 heteroatoms. The Morgan fingerprint density at radius 3 is 2.78 bits per heavy atom. The predicted octanol–water partition coefficient (Wildman–Crippen LogP) is 1.73. The molecule has 3 heterocycles. The van der Waals surface area contributed by atoms with Crippen LogP contribution in [0, 0.1) is 0 Å². The Balaban J connectivity index is 1.86. The lowest BCUT2D eigenvalue weighted by Gasteiger charge is -2.10. The van der Waals surface area contributed by atoms with Gasteiger partial charge in [0.15, 0.2) is 5.76 Å². The average Bonchev–Trinajstić information content (AvgIpc) is 3.11. The van der Waals surface area contributed by atoms with Crippen LogP contribution in [0.25, 0.3) is 11.3 Å². The van der Waals surface area contributed by atoms with E-state index in [4.69, 9.17) is 4.42 Å². The first-order chi connectivity index (χ1) is 11.1. The molecular weight excluding hydrogens is 296 g/mol. The number of pyridine rings is 1. The fourth-order valence-electron chi connectivity index (χ4n) is 2.05. The second-order valence-corrected chi connectivity index (χ2v) is 4.85. The third kappa shape index (κ3) is 3.18. The molecule has 3 aromatic heterocycles. The number of hydrogen-bond acceptors (Lipinski definition) is 6. The monoisotopic (exact) mass is 310 g/mol. The zero-order valence-corrected chi connectivity index (χ0v) is 12.4. The summed E-state index contributed by atoms with van der Waals surface area (Å²) < 4.78 is 6.39. The Labute approximate surface area is 131 Å². The fraction of sp³-hybridized carbons (Fsp3) is 0.125. The number of furan rings is 1. The van der Waals surface area contributed by atoms with E-state index < -0.39 is 0 Å². The van der Waals surface area contributed by atoms with Crippen molar-refractivity contribution in [1.29, 1.82) is 0 Å². The molecular formula is C16H14N4O3. The van der Waals surface area contributed by atoms with Crippen molar-refractivity contribution in [3.05, 3.63) is 65.1 Å². The number of nitrogens with zero attached hydrogens (tertiary/aromatic N) is 3. The molecule has 7 nitrogen and oxygen atoms in total. The molecule has 1 N–H and O–H groups in total. The highest BCUT2D eigenvalue weighted by Crippen LogP contribution is 2.15. The van der Waals surface area contributed by atoms with Crippen molar-refractivity contribution in [2.45, 2.75) is 0 Å². The van der Waals surface area contributed by atoms with E-state index in [9.17, 15) is 9.59 Å². The van der Waals surface area contributed by atoms with Crippen molar-refractivity contribution < 1.29 is 9.21 Å². The second kappa shape index (κ2) is 6.27. The summed E-state index contributed by atoms with van der Waals surface area (Å²) in [4.78, 5) is 32.4. The summed E-state index contributed by atoms with van der Waals surface area (Å²) in [5, 5.41) is 2.88. The minimum atomic E-state index is -0.224. The number of nitrogens with one attached hydrogen (secondary N) is 1. The topological polar surface area (TPSA) is 90.0 Å². The molecule has 0 atom stereocenters. The van der Waals surface area contributed by atoms with Gasteiger partial charge in [-0.15, -0.1) is 0 Å². The van der Waals surface area contributed by atoms with E-state index in [-0.39, 0.29) is 23.6 Å². The highest BCUT2D eigenvalue weighted by atomic mass is 16.3. The molecule has 23 heavy (non-hydrogen) atoms. The molecule has 116 valence electrons. The number of Topliss-reactive ketones (excluding diaryl/α,β-unsaturated/α-hetero) is 1. The smallest absolute Gasteiger partial charge is 0.255 e. The molecule has 0 saturated carbocycles. The molecule has 0 aliphatic carbocycles. The van der Waals surface area contributed by atoms with Crippen LogP contribution in [0.15, 0.2) is 58.2 Å². The minimum absolute atomic E-state index is 0.0202. The summed E-state index contributed by atoms with van der Waals surface area (Å²) in [5.41, 5.74) is 1.07. The van der Waals surface area contributed by atoms with Crippen molar-refractivity contribution in [2.75, 3.05) is 11.9 Å². The van der Waals surface area contributed by atoms with Crippen LogP contribution in [0.1, 0.15) is 10.6 Å². The number of hydrogen-bond donors (Lipinski definition) is 1. The van der Waals surface area contributed by atoms with Gasteiger partial charge in [0.05, 0.1) is 18.5 Å². The van der Waals surface area contributed by atoms with Gasteiger partial charge in [0.1, 0.15) is 0 Å². The summed E-state index contributed by atoms with van der Waals surface area (Å²) >= 11 is 0. The van der Waals surface area contributed by atoms with Crippen LogP contribution in [0.2, 0.25) is 0 Å². The zero-order chi connectivity index (χ0) is 16.2. The lowest BCUT2D eigenvalue weighted by molar-refractivity contribution is 0.0979. The molecule has 3 rings (SSSR count). The van der Waals surface area contributed by atoms with Crippen LogP contribution >= 0.6 is 0 Å². The van der Waals surface area contributed by atoms with Gasteiger partial charge in [0, 0.05) is 31.1 Å². The lowest BCUT2D eigenvalue weighted by Crippen LogP contribution is -2.24. The standard InChI is InChI=1S/C16H14N4O3/c1-20-15(22)9-12(11-4-6-17-7-5-11)19-16(20)18-10-13(21)14-3-2-8-23-14/h2-9H,10H2,1H3,(H,18,19). The largest absolute Gasteiger partial charge is 0.461 e. The maximum atomic E-state index is 12.1. The molecule has 0 fully saturated rings. The van der Waals surface area contributed by atoms with Gasteiger partial charge in [-0.1, -0.05) is 0 Å². The van der Waals surface area contributed by atoms with Crippen molar-refractivity contribution in [3.8, 4) is 11.3 Å². The first-order valence-electron chi connectivity index (χ1n) is 6.94. The van der Waals surface area contributed by atoms with E-state index >= 15 is 0 Å². The maximum Gasteiger partial charge on any atom is 0.255 e. The number of aromatic nitrogens is 3. The van der Waals surface area contributed by atoms with Crippen molar-refractivity contribution >= 4 is 11.7 Å². The predicted molar refractivity (Wildman–Crippen MR) is 84.2 cm³/mol. The molecule has 0 aromatic carbocycles. The molecule has 0 radical (unpaired) electrons. The number of carbonyl (C=O) groups excluding carboxylic acids is 1. The Kier molecular flexibility index (Phi) is 4.01. The number of carbonyl (C=O) groups is 1. The van der Waals surface area contributed by atoms with E-state index in [1.54, 1.807) is 43.7 Å². The molecule has 0 unspecified atom stereocenters. The van der Waals surface area contributed by atoms with Crippen LogP contribution < -0.4 is 10.9 Å². The van der Waals surface area contributed by atoms with Crippen LogP contribution in [0.3, 0.4) is 0 Å². The molecule has 3 aromatic rings. The van der Waals surface area contributed by atoms with Crippen LogP contribution in [0.5, 0.6) is 0 Å². The Hall–Kier alpha value is -3.22. The third-order valence-electron chi connectivity index (χ3n) is 3.31. The van der Waals surface area contributed by atoms with Gasteiger partial charge in [-0.2, -0.15) is 0 Å². The SMILES string of the molecule is Cn1c(NCC(=O)c2ccco2)nc(-c2ccncc2)cc1=O. The first-order valence-corrected chi connectivity index (χ1v) is 6.94. The van der Waals surface area contributed by atoms with Gasteiger partial charge >= 0.3 is 0 Å². The van der Waals surface area contributed by atoms with Gasteiger partial charge in [0.2, 0.25) is 11.7 Å². The van der Waals surface area contributed by atoms with E-state index in [1.165, 1.54) is 16.9 Å². The highest BCUT2D eigenvalue weighted by Gasteiger charge is 2.11. The lowest BCUT2D eigenvalue weighted by atomic mass is 10.2. The molecule has 0 amide bonds. The van der Waals surface area contributed by atoms with E-state index in [1.807, 2.05) is 0 Å². The molecule has 0 aliphatic heterocycles. The van der Waals surface area contributed by atoms with E-state index in [0.717, 1.165) is 5.56 Å². The van der Waals surface area contributed by atoms with Crippen molar-refractivity contribution in [1.82, 2.24) is 14.5 Å². The number of ketones is 1. The third-order valence-corrected chi connectivity index (χ3v) is 3.31. The zero-order valence-electron chi connectivity index (χ0n) is 12.4. The summed E-state index contributed by atoms with van der Waals surface area (Å²) in [6.07, 6.45) is 4.69. The van der Waals surface area contributed by atoms with E-state index in [2.05, 4.69) is 15.3 Å². The Bertz CT molecular complexity index is 870. The van der Waals surface area contributed by atoms with Crippen molar-refractivity contribution in [3.63, 3.8) is 0 Å². The van der Waals surface area contributed by atoms with Crippen LogP contribution in [0.4, 0.5) is 5.95 Å². The van der Waals surface area contributed by atoms with Gasteiger partial charge < -0.3 is 9.73 Å². The molecule has 0 saturated heterocycles. The summed E-state index contributed by atoms with van der Waals surface area (Å²) in [5.74, 6) is 0.343. The van der Waals surface area contributed by atoms with Gasteiger partial charge in [-0.25, -0.2) is 4.98 Å². The van der Waals surface area contributed by atoms with Gasteiger partial charge in [-0.05, 0) is 24.3 Å². The summed E-state index contributed by atoms with van der Waals surface area (Å²) in [6, 6.07) is 8.20. The fourth-order valence-corrected chi connectivity index (χ4v) is 2.05. The minimum Gasteiger partial charge on any atom is -0.461 e. The van der Waals surface area contributed by atoms with Crippen molar-refractivity contribution in [2.24, 2.45) is 7.05 Å². The normalized spacial score (nSPS) is 10.5. The number of rotatable bonds is 5. The molecule has 0 spiro atoms. The van der Waals surface area contributed by atoms with Gasteiger partial charge in [-0.3, -0.25) is 19.1 Å². The number of anilines is 1. The second-order valence-electron chi connectivity index (χ2n) is 4.85. The van der Waals surface area contributed by atoms with E-state index in [0.29, 0.717) is 11.6 Å². The average molecular weight is 310 g/mol. The first kappa shape index (κ1) is 14.7. The molecule has 0 aliphatic rings. The quantitative estimate of drug-likeness (QED) is 0.722. The Morgan fingerprint density at radius 2 is 2.09 bits per heavy atom. The maximum absolute atomic E-state index is 12.1. The highest BCUT2D eigenvalue weighted by molar-refractivity contribution is 5.96. The van der Waals surface area contributed by atoms with Gasteiger partial charge in [0.25, 0.3) is 5.56 Å². The molecule has 0 bridgehead atoms.